The number of hydrogen-bond donors (Lipinski definition) is 8. The van der Waals surface area contributed by atoms with Gasteiger partial charge in [0.1, 0.15) is 36.6 Å². The number of allylic oxidation sites excluding steroid dienone is 3. The maximum absolute atomic E-state index is 14.5. The molecule has 8 N–H and O–H groups in total. The molecule has 0 bridgehead atoms. The maximum atomic E-state index is 14.5. The van der Waals surface area contributed by atoms with Crippen molar-refractivity contribution in [1.29, 1.82) is 0 Å². The molecule has 4 saturated heterocycles. The van der Waals surface area contributed by atoms with Crippen molar-refractivity contribution in [3.05, 3.63) is 85.7 Å². The number of ether oxygens (including phenoxy) is 12. The average Bonchev–Trinajstić information content (AvgIpc) is 0.770. The van der Waals surface area contributed by atoms with Crippen molar-refractivity contribution in [3.8, 4) is 41.4 Å². The Morgan fingerprint density at radius 3 is 2.25 bits per heavy atom. The first-order valence-corrected chi connectivity index (χ1v) is 34.2. The molecule has 0 radical (unpaired) electrons. The van der Waals surface area contributed by atoms with Crippen molar-refractivity contribution >= 4 is 72.9 Å². The summed E-state index contributed by atoms with van der Waals surface area (Å²) in [6, 6.07) is 8.66. The molecule has 0 aromatic heterocycles. The third kappa shape index (κ3) is 17.9. The number of hydrogen-bond acceptors (Lipinski definition) is 26. The van der Waals surface area contributed by atoms with Gasteiger partial charge >= 0.3 is 6.09 Å². The zero-order valence-electron chi connectivity index (χ0n) is 53.7. The van der Waals surface area contributed by atoms with E-state index in [1.165, 1.54) is 51.2 Å². The number of terminal acetylenes is 1. The van der Waals surface area contributed by atoms with Crippen LogP contribution in [0.15, 0.2) is 65.4 Å². The SMILES string of the molecule is C#C/C=C\C#C[C@H](O[C@@H]1O[C@H](C)[C@@H](NO[C@H]2C[C@H](O)[C@H](SC(=O)c3c(C)c(I)c(O[C@@H]4O[C@@H](C)[C@H](O)[C@@H](OC)[C@H]4O)c(OC)c3OC)[C@@H](C)O2)[C@H](O)[C@H]1O[C@H]1C[C@H](OC)[C@@H](NCC)CO1)C1=C(NC(=O)OC)C(=O)C[C@](C)(O)/C1=C/CSSC(C)(C)c1ccccc1. The van der Waals surface area contributed by atoms with Gasteiger partial charge in [0, 0.05) is 49.6 Å². The van der Waals surface area contributed by atoms with E-state index in [1.807, 2.05) is 59.8 Å². The first-order valence-electron chi connectivity index (χ1n) is 30.0. The van der Waals surface area contributed by atoms with E-state index in [4.69, 9.17) is 68.1 Å². The second-order valence-corrected chi connectivity index (χ2v) is 28.3. The highest BCUT2D eigenvalue weighted by molar-refractivity contribution is 14.1. The third-order valence-electron chi connectivity index (χ3n) is 16.3. The number of carbonyl (C=O) groups excluding carboxylic acids is 3. The Morgan fingerprint density at radius 1 is 0.902 bits per heavy atom. The molecule has 7 rings (SSSR count). The van der Waals surface area contributed by atoms with Crippen molar-refractivity contribution in [1.82, 2.24) is 16.1 Å². The molecular formula is C64H86IN3O21S3. The molecule has 0 spiro atoms. The van der Waals surface area contributed by atoms with Crippen LogP contribution < -0.4 is 30.3 Å². The van der Waals surface area contributed by atoms with Crippen molar-refractivity contribution < 1.29 is 102 Å². The molecule has 508 valence electrons. The van der Waals surface area contributed by atoms with Crippen LogP contribution in [-0.2, 0) is 57.0 Å². The number of rotatable bonds is 24. The van der Waals surface area contributed by atoms with Gasteiger partial charge in [0.2, 0.25) is 17.2 Å². The fourth-order valence-electron chi connectivity index (χ4n) is 11.4. The summed E-state index contributed by atoms with van der Waals surface area (Å²) in [4.78, 5) is 48.0. The largest absolute Gasteiger partial charge is 0.492 e. The number of alkyl carbamates (subject to hydrolysis) is 1. The van der Waals surface area contributed by atoms with Gasteiger partial charge < -0.3 is 87.7 Å². The number of nitrogens with one attached hydrogen (secondary N) is 3. The molecule has 19 atom stereocenters. The highest BCUT2D eigenvalue weighted by Gasteiger charge is 2.52. The third-order valence-corrected chi connectivity index (χ3v) is 22.1. The van der Waals surface area contributed by atoms with E-state index in [9.17, 15) is 39.9 Å². The van der Waals surface area contributed by atoms with Crippen molar-refractivity contribution in [2.24, 2.45) is 0 Å². The number of likely N-dealkylation sites (N-methyl/N-ethyl adjacent to an activating group) is 1. The minimum Gasteiger partial charge on any atom is -0.492 e. The van der Waals surface area contributed by atoms with E-state index >= 15 is 0 Å². The standard InChI is InChI=1S/C64H86IN3O21S3/c1-15-17-18-22-25-41(46-37(64(9,76)30-40(70)49(46)67-62(75)81-14)26-27-90-92-63(7,8)36-23-20-19-21-24-36)86-61-56(87-43-29-42(77-10)38(31-82-43)66-16-2)51(72)48(33(4)84-61)68-89-44-28-39(69)58(35(6)83-44)91-59(74)45-32(3)47(65)54(57(80-13)53(45)78-11)88-60-52(73)55(79-12)50(71)34(5)85-60/h1,17-21,23-24,26,33-35,38-39,41-44,48,50-52,55-56,58,60-61,66,68-69,71-73,76H,16,27-31H2,2-14H3,(H,67,75)/b18-17-,37-26+/t33-,34+,35-,38+,39+,41+,42+,43+,44+,48-,50+,51+,52-,55-,56-,58-,60+,61+,64+/m1/s1. The highest BCUT2D eigenvalue weighted by atomic mass is 127. The van der Waals surface area contributed by atoms with Crippen LogP contribution in [0, 0.1) is 34.7 Å². The number of amides is 1. The summed E-state index contributed by atoms with van der Waals surface area (Å²) in [5, 5.41) is 63.0. The molecule has 5 aliphatic rings. The zero-order valence-corrected chi connectivity index (χ0v) is 58.3. The van der Waals surface area contributed by atoms with Crippen LogP contribution in [0.5, 0.6) is 17.2 Å². The summed E-state index contributed by atoms with van der Waals surface area (Å²) in [6.07, 6.45) is -8.61. The van der Waals surface area contributed by atoms with Crippen molar-refractivity contribution in [2.75, 3.05) is 54.5 Å². The van der Waals surface area contributed by atoms with Gasteiger partial charge in [-0.15, -0.1) is 6.42 Å². The molecule has 2 aromatic rings. The summed E-state index contributed by atoms with van der Waals surface area (Å²) >= 11 is 2.82. The zero-order chi connectivity index (χ0) is 67.4. The van der Waals surface area contributed by atoms with Crippen molar-refractivity contribution in [2.45, 2.75) is 195 Å². The Bertz CT molecular complexity index is 3060. The smallest absolute Gasteiger partial charge is 0.411 e. The average molecular weight is 1460 g/mol. The number of methoxy groups -OCH3 is 5. The predicted molar refractivity (Wildman–Crippen MR) is 352 cm³/mol. The van der Waals surface area contributed by atoms with Gasteiger partial charge in [0.05, 0.1) is 96.2 Å². The Hall–Kier alpha value is -4.07. The van der Waals surface area contributed by atoms with Gasteiger partial charge in [-0.25, -0.2) is 4.79 Å². The number of ketones is 1. The number of benzene rings is 2. The lowest BCUT2D eigenvalue weighted by Gasteiger charge is -2.46. The van der Waals surface area contributed by atoms with E-state index < -0.39 is 133 Å². The minimum absolute atomic E-state index is 0.0153. The number of carbonyl (C=O) groups is 3. The maximum Gasteiger partial charge on any atom is 0.411 e. The van der Waals surface area contributed by atoms with Gasteiger partial charge in [0.25, 0.3) is 0 Å². The normalized spacial score (nSPS) is 32.7. The van der Waals surface area contributed by atoms with Gasteiger partial charge in [0.15, 0.2) is 36.2 Å². The summed E-state index contributed by atoms with van der Waals surface area (Å²) in [5.41, 5.74) is 2.67. The van der Waals surface area contributed by atoms with E-state index in [1.54, 1.807) is 51.7 Å². The number of aliphatic hydroxyl groups is 5. The van der Waals surface area contributed by atoms with Gasteiger partial charge in [-0.05, 0) is 106 Å². The van der Waals surface area contributed by atoms with Crippen LogP contribution in [0.4, 0.5) is 4.79 Å². The Balaban J connectivity index is 1.14. The monoisotopic (exact) mass is 1460 g/mol. The van der Waals surface area contributed by atoms with E-state index in [0.29, 0.717) is 21.4 Å². The van der Waals surface area contributed by atoms with Crippen LogP contribution in [0.3, 0.4) is 0 Å². The predicted octanol–water partition coefficient (Wildman–Crippen LogP) is 5.49. The van der Waals surface area contributed by atoms with E-state index in [0.717, 1.165) is 24.4 Å². The lowest BCUT2D eigenvalue weighted by molar-refractivity contribution is -0.336. The Kier molecular flexibility index (Phi) is 28.0. The number of Topliss-reactive ketones (excluding diaryl/α,β-unsaturated/α-hetero) is 1. The molecule has 0 saturated carbocycles. The minimum atomic E-state index is -1.83. The molecule has 4 fully saturated rings. The first kappa shape index (κ1) is 75.3. The molecule has 4 aliphatic heterocycles. The first-order chi connectivity index (χ1) is 43.8. The lowest BCUT2D eigenvalue weighted by Crippen LogP contribution is -2.65. The highest BCUT2D eigenvalue weighted by Crippen LogP contribution is 2.50. The van der Waals surface area contributed by atoms with Gasteiger partial charge in [-0.1, -0.05) is 94.4 Å². The second-order valence-electron chi connectivity index (χ2n) is 23.1. The molecule has 1 aliphatic carbocycles. The quantitative estimate of drug-likeness (QED) is 0.0212. The second kappa shape index (κ2) is 34.2. The van der Waals surface area contributed by atoms with Crippen LogP contribution in [0.2, 0.25) is 0 Å². The molecule has 2 aromatic carbocycles. The van der Waals surface area contributed by atoms with E-state index in [-0.39, 0.29) is 69.9 Å². The summed E-state index contributed by atoms with van der Waals surface area (Å²) in [6.45, 7) is 15.0. The molecule has 4 heterocycles. The molecule has 92 heavy (non-hydrogen) atoms. The summed E-state index contributed by atoms with van der Waals surface area (Å²) in [7, 11) is 9.89. The molecule has 28 heteroatoms. The number of thioether (sulfide) groups is 1. The lowest BCUT2D eigenvalue weighted by atomic mass is 9.76. The molecule has 24 nitrogen and oxygen atoms in total. The Labute approximate surface area is 563 Å². The fourth-order valence-corrected chi connectivity index (χ4v) is 15.6. The molecular weight excluding hydrogens is 1370 g/mol. The van der Waals surface area contributed by atoms with Crippen LogP contribution in [-0.4, -0.2) is 212 Å². The Morgan fingerprint density at radius 2 is 1.61 bits per heavy atom. The number of hydroxylamine groups is 1. The number of halogens is 1. The summed E-state index contributed by atoms with van der Waals surface area (Å²) in [5.74, 6) is 8.09. The van der Waals surface area contributed by atoms with Gasteiger partial charge in [-0.3, -0.25) is 19.7 Å². The van der Waals surface area contributed by atoms with Crippen LogP contribution in [0.25, 0.3) is 0 Å². The topological polar surface area (TPSA) is 308 Å². The molecule has 1 amide bonds. The van der Waals surface area contributed by atoms with Crippen LogP contribution >= 0.6 is 55.9 Å². The number of aliphatic hydroxyl groups excluding tert-OH is 4. The fraction of sp³-hybridized carbons (Fsp3) is 0.609. The van der Waals surface area contributed by atoms with Gasteiger partial charge in [-0.2, -0.15) is 5.48 Å². The van der Waals surface area contributed by atoms with Crippen LogP contribution in [0.1, 0.15) is 89.2 Å². The van der Waals surface area contributed by atoms with Crippen molar-refractivity contribution in [3.63, 3.8) is 0 Å². The summed E-state index contributed by atoms with van der Waals surface area (Å²) < 4.78 is 72.7. The molecule has 0 unspecified atom stereocenters. The van der Waals surface area contributed by atoms with E-state index in [2.05, 4.69) is 47.7 Å².